The van der Waals surface area contributed by atoms with Crippen LogP contribution >= 0.6 is 12.4 Å². The molecule has 2 aliphatic heterocycles. The first kappa shape index (κ1) is 18.1. The average molecular weight is 346 g/mol. The number of aliphatic hydroxyl groups is 1. The molecule has 0 aliphatic carbocycles. The Morgan fingerprint density at radius 1 is 1.22 bits per heavy atom. The fourth-order valence-corrected chi connectivity index (χ4v) is 2.94. The summed E-state index contributed by atoms with van der Waals surface area (Å²) >= 11 is 0. The van der Waals surface area contributed by atoms with Crippen LogP contribution in [-0.4, -0.2) is 61.4 Å². The molecule has 2 aliphatic rings. The first-order chi connectivity index (χ1) is 10.6. The van der Waals surface area contributed by atoms with Crippen molar-refractivity contribution >= 4 is 12.4 Å². The number of halogens is 1. The van der Waals surface area contributed by atoms with Gasteiger partial charge in [-0.25, -0.2) is 0 Å². The van der Waals surface area contributed by atoms with E-state index in [1.165, 1.54) is 0 Å². The predicted octanol–water partition coefficient (Wildman–Crippen LogP) is 1.69. The summed E-state index contributed by atoms with van der Waals surface area (Å²) in [6.07, 6.45) is -0.139. The van der Waals surface area contributed by atoms with E-state index in [9.17, 15) is 5.11 Å². The third-order valence-electron chi connectivity index (χ3n) is 3.75. The lowest BCUT2D eigenvalue weighted by Gasteiger charge is -2.36. The normalized spacial score (nSPS) is 24.8. The second kappa shape index (κ2) is 8.06. The van der Waals surface area contributed by atoms with E-state index in [0.717, 1.165) is 18.8 Å². The number of ether oxygens (including phenoxy) is 4. The summed E-state index contributed by atoms with van der Waals surface area (Å²) in [5.41, 5.74) is 0. The molecule has 0 aromatic heterocycles. The van der Waals surface area contributed by atoms with Gasteiger partial charge in [-0.2, -0.15) is 0 Å². The van der Waals surface area contributed by atoms with Gasteiger partial charge in [0.1, 0.15) is 18.5 Å². The number of hydrogen-bond donors (Lipinski definition) is 1. The van der Waals surface area contributed by atoms with Crippen LogP contribution in [-0.2, 0) is 4.74 Å². The van der Waals surface area contributed by atoms with Crippen molar-refractivity contribution < 1.29 is 24.1 Å². The third-order valence-corrected chi connectivity index (χ3v) is 3.75. The molecule has 6 nitrogen and oxygen atoms in total. The van der Waals surface area contributed by atoms with E-state index in [1.807, 2.05) is 12.1 Å². The van der Waals surface area contributed by atoms with Crippen LogP contribution in [0.1, 0.15) is 13.8 Å². The Balaban J connectivity index is 0.00000192. The summed E-state index contributed by atoms with van der Waals surface area (Å²) in [5, 5.41) is 10.2. The van der Waals surface area contributed by atoms with E-state index >= 15 is 0 Å². The van der Waals surface area contributed by atoms with E-state index in [-0.39, 0.29) is 38.0 Å². The molecule has 1 saturated heterocycles. The first-order valence-electron chi connectivity index (χ1n) is 7.68. The maximum atomic E-state index is 10.2. The fraction of sp³-hybridized carbons (Fsp3) is 0.625. The molecule has 7 heteroatoms. The number of aliphatic hydroxyl groups excluding tert-OH is 1. The third kappa shape index (κ3) is 4.88. The molecule has 2 heterocycles. The van der Waals surface area contributed by atoms with Gasteiger partial charge in [0.2, 0.25) is 6.79 Å². The van der Waals surface area contributed by atoms with Crippen LogP contribution < -0.4 is 14.2 Å². The molecule has 23 heavy (non-hydrogen) atoms. The molecule has 1 aromatic carbocycles. The molecule has 3 unspecified atom stereocenters. The number of rotatable bonds is 5. The molecule has 1 fully saturated rings. The van der Waals surface area contributed by atoms with Gasteiger partial charge in [0.15, 0.2) is 11.5 Å². The van der Waals surface area contributed by atoms with Gasteiger partial charge in [0.05, 0.1) is 12.2 Å². The molecular weight excluding hydrogens is 322 g/mol. The number of hydrogen-bond acceptors (Lipinski definition) is 6. The lowest BCUT2D eigenvalue weighted by molar-refractivity contribution is -0.0786. The molecule has 0 saturated carbocycles. The van der Waals surface area contributed by atoms with Crippen molar-refractivity contribution in [1.82, 2.24) is 4.90 Å². The highest BCUT2D eigenvalue weighted by Gasteiger charge is 2.24. The van der Waals surface area contributed by atoms with Crippen molar-refractivity contribution in [2.24, 2.45) is 0 Å². The van der Waals surface area contributed by atoms with Crippen molar-refractivity contribution in [3.8, 4) is 17.2 Å². The van der Waals surface area contributed by atoms with Crippen LogP contribution in [0.5, 0.6) is 17.2 Å². The molecule has 3 atom stereocenters. The number of nitrogens with zero attached hydrogens (tertiary/aromatic N) is 1. The molecule has 0 bridgehead atoms. The fourth-order valence-electron chi connectivity index (χ4n) is 2.94. The Labute approximate surface area is 142 Å². The topological polar surface area (TPSA) is 60.4 Å². The Hall–Kier alpha value is -1.21. The van der Waals surface area contributed by atoms with Crippen LogP contribution in [0.25, 0.3) is 0 Å². The van der Waals surface area contributed by atoms with Gasteiger partial charge in [0.25, 0.3) is 0 Å². The zero-order valence-electron chi connectivity index (χ0n) is 13.4. The highest BCUT2D eigenvalue weighted by molar-refractivity contribution is 5.85. The van der Waals surface area contributed by atoms with Crippen LogP contribution in [0.15, 0.2) is 18.2 Å². The predicted molar refractivity (Wildman–Crippen MR) is 87.8 cm³/mol. The molecule has 130 valence electrons. The summed E-state index contributed by atoms with van der Waals surface area (Å²) < 4.78 is 21.9. The molecule has 1 N–H and O–H groups in total. The zero-order valence-corrected chi connectivity index (χ0v) is 14.3. The maximum Gasteiger partial charge on any atom is 0.231 e. The Kier molecular flexibility index (Phi) is 6.35. The monoisotopic (exact) mass is 345 g/mol. The van der Waals surface area contributed by atoms with Gasteiger partial charge in [-0.05, 0) is 26.0 Å². The van der Waals surface area contributed by atoms with Crippen molar-refractivity contribution in [2.45, 2.75) is 32.2 Å². The summed E-state index contributed by atoms with van der Waals surface area (Å²) in [4.78, 5) is 2.21. The van der Waals surface area contributed by atoms with E-state index in [2.05, 4.69) is 18.7 Å². The molecular formula is C16H24ClNO5. The molecule has 1 aromatic rings. The summed E-state index contributed by atoms with van der Waals surface area (Å²) in [6, 6.07) is 5.42. The van der Waals surface area contributed by atoms with E-state index in [0.29, 0.717) is 18.0 Å². The number of β-amino-alcohol motifs (C(OH)–C–C–N with tert-alkyl or cyclic N) is 1. The minimum atomic E-state index is -0.539. The second-order valence-corrected chi connectivity index (χ2v) is 5.96. The molecule has 0 radical (unpaired) electrons. The number of fused-ring (bicyclic) bond motifs is 1. The van der Waals surface area contributed by atoms with Crippen LogP contribution in [0, 0.1) is 0 Å². The molecule has 0 amide bonds. The maximum absolute atomic E-state index is 10.2. The smallest absolute Gasteiger partial charge is 0.231 e. The highest BCUT2D eigenvalue weighted by atomic mass is 35.5. The number of benzene rings is 1. The largest absolute Gasteiger partial charge is 0.491 e. The van der Waals surface area contributed by atoms with Gasteiger partial charge in [-0.15, -0.1) is 12.4 Å². The van der Waals surface area contributed by atoms with Crippen molar-refractivity contribution in [2.75, 3.05) is 33.0 Å². The Bertz CT molecular complexity index is 505. The SMILES string of the molecule is CC1CN(CC(O)COc2ccc3c(c2)OCO3)CC(C)O1.Cl. The summed E-state index contributed by atoms with van der Waals surface area (Å²) in [6.45, 7) is 6.87. The summed E-state index contributed by atoms with van der Waals surface area (Å²) in [5.74, 6) is 2.08. The van der Waals surface area contributed by atoms with E-state index in [1.54, 1.807) is 6.07 Å². The van der Waals surface area contributed by atoms with Gasteiger partial charge < -0.3 is 24.1 Å². The molecule has 0 spiro atoms. The first-order valence-corrected chi connectivity index (χ1v) is 7.68. The number of morpholine rings is 1. The van der Waals surface area contributed by atoms with Crippen molar-refractivity contribution in [3.05, 3.63) is 18.2 Å². The average Bonchev–Trinajstić information content (AvgIpc) is 2.91. The molecule has 3 rings (SSSR count). The van der Waals surface area contributed by atoms with E-state index < -0.39 is 6.10 Å². The Morgan fingerprint density at radius 3 is 2.65 bits per heavy atom. The minimum absolute atomic E-state index is 0. The quantitative estimate of drug-likeness (QED) is 0.876. The van der Waals surface area contributed by atoms with Gasteiger partial charge in [-0.3, -0.25) is 4.90 Å². The van der Waals surface area contributed by atoms with Crippen molar-refractivity contribution in [1.29, 1.82) is 0 Å². The minimum Gasteiger partial charge on any atom is -0.491 e. The second-order valence-electron chi connectivity index (χ2n) is 5.96. The van der Waals surface area contributed by atoms with Crippen LogP contribution in [0.3, 0.4) is 0 Å². The highest BCUT2D eigenvalue weighted by Crippen LogP contribution is 2.35. The Morgan fingerprint density at radius 2 is 1.91 bits per heavy atom. The van der Waals surface area contributed by atoms with Crippen LogP contribution in [0.4, 0.5) is 0 Å². The standard InChI is InChI=1S/C16H23NO5.ClH/c1-11-6-17(7-12(2)22-11)8-13(18)9-19-14-3-4-15-16(5-14)21-10-20-15;/h3-5,11-13,18H,6-10H2,1-2H3;1H. The van der Waals surface area contributed by atoms with Gasteiger partial charge in [-0.1, -0.05) is 0 Å². The zero-order chi connectivity index (χ0) is 15.5. The lowest BCUT2D eigenvalue weighted by atomic mass is 10.2. The summed E-state index contributed by atoms with van der Waals surface area (Å²) in [7, 11) is 0. The lowest BCUT2D eigenvalue weighted by Crippen LogP contribution is -2.48. The van der Waals surface area contributed by atoms with Gasteiger partial charge in [0, 0.05) is 25.7 Å². The van der Waals surface area contributed by atoms with E-state index in [4.69, 9.17) is 18.9 Å². The van der Waals surface area contributed by atoms with Crippen molar-refractivity contribution in [3.63, 3.8) is 0 Å². The van der Waals surface area contributed by atoms with Crippen LogP contribution in [0.2, 0.25) is 0 Å². The van der Waals surface area contributed by atoms with Gasteiger partial charge >= 0.3 is 0 Å².